The van der Waals surface area contributed by atoms with Gasteiger partial charge in [0.2, 0.25) is 0 Å². The largest absolute Gasteiger partial charge is 0.495 e. The molecule has 0 spiro atoms. The smallest absolute Gasteiger partial charge is 0.137 e. The molecule has 0 aromatic carbocycles. The molecule has 0 atom stereocenters. The van der Waals surface area contributed by atoms with Gasteiger partial charge in [0.25, 0.3) is 0 Å². The molecule has 0 fully saturated rings. The molecule has 0 radical (unpaired) electrons. The van der Waals surface area contributed by atoms with Gasteiger partial charge < -0.3 is 4.74 Å². The third kappa shape index (κ3) is 2.88. The number of rotatable bonds is 3. The highest BCUT2D eigenvalue weighted by atomic mass is 35.5. The number of pyridine rings is 1. The first-order valence-corrected chi connectivity index (χ1v) is 4.69. The second kappa shape index (κ2) is 4.47. The van der Waals surface area contributed by atoms with Crippen molar-refractivity contribution in [2.45, 2.75) is 20.3 Å². The van der Waals surface area contributed by atoms with Crippen molar-refractivity contribution in [3.8, 4) is 5.75 Å². The summed E-state index contributed by atoms with van der Waals surface area (Å²) in [6.07, 6.45) is 2.56. The van der Waals surface area contributed by atoms with Crippen molar-refractivity contribution in [2.24, 2.45) is 5.92 Å². The summed E-state index contributed by atoms with van der Waals surface area (Å²) in [5, 5.41) is 0.578. The molecule has 0 aliphatic carbocycles. The van der Waals surface area contributed by atoms with Crippen LogP contribution in [0.25, 0.3) is 0 Å². The van der Waals surface area contributed by atoms with Gasteiger partial charge in [-0.2, -0.15) is 0 Å². The fourth-order valence-corrected chi connectivity index (χ4v) is 1.35. The molecule has 0 unspecified atom stereocenters. The van der Waals surface area contributed by atoms with E-state index in [4.69, 9.17) is 16.3 Å². The van der Waals surface area contributed by atoms with E-state index in [1.165, 1.54) is 0 Å². The fourth-order valence-electron chi connectivity index (χ4n) is 1.17. The SMILES string of the molecule is COc1cnc(Cl)c(CC(C)C)c1. The van der Waals surface area contributed by atoms with E-state index in [1.807, 2.05) is 6.07 Å². The van der Waals surface area contributed by atoms with Crippen molar-refractivity contribution < 1.29 is 4.74 Å². The molecule has 0 amide bonds. The summed E-state index contributed by atoms with van der Waals surface area (Å²) >= 11 is 5.93. The first-order chi connectivity index (χ1) is 6.13. The number of hydrogen-bond acceptors (Lipinski definition) is 2. The van der Waals surface area contributed by atoms with Gasteiger partial charge in [0.1, 0.15) is 10.9 Å². The minimum Gasteiger partial charge on any atom is -0.495 e. The van der Waals surface area contributed by atoms with E-state index in [-0.39, 0.29) is 0 Å². The Bertz CT molecular complexity index is 286. The Balaban J connectivity index is 2.90. The molecule has 2 nitrogen and oxygen atoms in total. The van der Waals surface area contributed by atoms with Crippen molar-refractivity contribution in [2.75, 3.05) is 7.11 Å². The quantitative estimate of drug-likeness (QED) is 0.699. The highest BCUT2D eigenvalue weighted by molar-refractivity contribution is 6.30. The van der Waals surface area contributed by atoms with Crippen LogP contribution in [-0.4, -0.2) is 12.1 Å². The molecule has 0 N–H and O–H groups in total. The van der Waals surface area contributed by atoms with Gasteiger partial charge in [0, 0.05) is 0 Å². The summed E-state index contributed by atoms with van der Waals surface area (Å²) in [5.41, 5.74) is 1.05. The van der Waals surface area contributed by atoms with Gasteiger partial charge in [-0.05, 0) is 24.0 Å². The van der Waals surface area contributed by atoms with E-state index in [0.29, 0.717) is 11.1 Å². The van der Waals surface area contributed by atoms with Crippen molar-refractivity contribution >= 4 is 11.6 Å². The van der Waals surface area contributed by atoms with E-state index >= 15 is 0 Å². The molecule has 72 valence electrons. The van der Waals surface area contributed by atoms with E-state index in [2.05, 4.69) is 18.8 Å². The standard InChI is InChI=1S/C10H14ClNO/c1-7(2)4-8-5-9(13-3)6-12-10(8)11/h5-7H,4H2,1-3H3. The molecule has 1 aromatic rings. The third-order valence-corrected chi connectivity index (χ3v) is 2.09. The molecule has 0 saturated heterocycles. The molecule has 0 saturated carbocycles. The van der Waals surface area contributed by atoms with Crippen LogP contribution in [-0.2, 0) is 6.42 Å². The minimum absolute atomic E-state index is 0.575. The highest BCUT2D eigenvalue weighted by Crippen LogP contribution is 2.21. The first kappa shape index (κ1) is 10.3. The maximum atomic E-state index is 5.93. The topological polar surface area (TPSA) is 22.1 Å². The molecule has 3 heteroatoms. The number of ether oxygens (including phenoxy) is 1. The first-order valence-electron chi connectivity index (χ1n) is 4.32. The Hall–Kier alpha value is -0.760. The fraction of sp³-hybridized carbons (Fsp3) is 0.500. The van der Waals surface area contributed by atoms with E-state index in [0.717, 1.165) is 17.7 Å². The molecule has 1 heterocycles. The summed E-state index contributed by atoms with van der Waals surface area (Å²) in [6.45, 7) is 4.30. The third-order valence-electron chi connectivity index (χ3n) is 1.75. The predicted octanol–water partition coefficient (Wildman–Crippen LogP) is 2.94. The average Bonchev–Trinajstić information content (AvgIpc) is 2.08. The lowest BCUT2D eigenvalue weighted by molar-refractivity contribution is 0.412. The minimum atomic E-state index is 0.575. The summed E-state index contributed by atoms with van der Waals surface area (Å²) in [4.78, 5) is 4.04. The summed E-state index contributed by atoms with van der Waals surface area (Å²) < 4.78 is 5.07. The summed E-state index contributed by atoms with van der Waals surface area (Å²) in [7, 11) is 1.63. The normalized spacial score (nSPS) is 10.5. The maximum Gasteiger partial charge on any atom is 0.137 e. The zero-order valence-corrected chi connectivity index (χ0v) is 8.93. The molecule has 0 aliphatic rings. The predicted molar refractivity (Wildman–Crippen MR) is 54.3 cm³/mol. The summed E-state index contributed by atoms with van der Waals surface area (Å²) in [5.74, 6) is 1.34. The maximum absolute atomic E-state index is 5.93. The number of aromatic nitrogens is 1. The van der Waals surface area contributed by atoms with Crippen molar-refractivity contribution in [1.82, 2.24) is 4.98 Å². The number of hydrogen-bond donors (Lipinski definition) is 0. The molecule has 0 bridgehead atoms. The molecular formula is C10H14ClNO. The Morgan fingerprint density at radius 1 is 1.54 bits per heavy atom. The zero-order chi connectivity index (χ0) is 9.84. The van der Waals surface area contributed by atoms with Crippen LogP contribution >= 0.6 is 11.6 Å². The Kier molecular flexibility index (Phi) is 3.55. The van der Waals surface area contributed by atoms with Crippen LogP contribution in [0.1, 0.15) is 19.4 Å². The van der Waals surface area contributed by atoms with E-state index < -0.39 is 0 Å². The molecule has 0 aliphatic heterocycles. The Morgan fingerprint density at radius 2 is 2.23 bits per heavy atom. The lowest BCUT2D eigenvalue weighted by atomic mass is 10.0. The van der Waals surface area contributed by atoms with E-state index in [1.54, 1.807) is 13.3 Å². The lowest BCUT2D eigenvalue weighted by Crippen LogP contribution is -1.97. The van der Waals surface area contributed by atoms with Gasteiger partial charge in [-0.1, -0.05) is 25.4 Å². The van der Waals surface area contributed by atoms with Crippen LogP contribution in [0.4, 0.5) is 0 Å². The Labute approximate surface area is 83.9 Å². The van der Waals surface area contributed by atoms with Gasteiger partial charge in [0.15, 0.2) is 0 Å². The van der Waals surface area contributed by atoms with Gasteiger partial charge in [-0.15, -0.1) is 0 Å². The monoisotopic (exact) mass is 199 g/mol. The van der Waals surface area contributed by atoms with E-state index in [9.17, 15) is 0 Å². The van der Waals surface area contributed by atoms with Crippen LogP contribution in [0, 0.1) is 5.92 Å². The van der Waals surface area contributed by atoms with Crippen LogP contribution in [0.3, 0.4) is 0 Å². The van der Waals surface area contributed by atoms with Gasteiger partial charge in [-0.25, -0.2) is 4.98 Å². The van der Waals surface area contributed by atoms with Crippen molar-refractivity contribution in [1.29, 1.82) is 0 Å². The zero-order valence-electron chi connectivity index (χ0n) is 8.17. The average molecular weight is 200 g/mol. The van der Waals surface area contributed by atoms with Crippen LogP contribution < -0.4 is 4.74 Å². The molecular weight excluding hydrogens is 186 g/mol. The lowest BCUT2D eigenvalue weighted by Gasteiger charge is -2.07. The van der Waals surface area contributed by atoms with Crippen molar-refractivity contribution in [3.63, 3.8) is 0 Å². The van der Waals surface area contributed by atoms with Crippen molar-refractivity contribution in [3.05, 3.63) is 23.0 Å². The number of methoxy groups -OCH3 is 1. The molecule has 1 rings (SSSR count). The van der Waals surface area contributed by atoms with Gasteiger partial charge >= 0.3 is 0 Å². The van der Waals surface area contributed by atoms with Crippen LogP contribution in [0.5, 0.6) is 5.75 Å². The Morgan fingerprint density at radius 3 is 2.77 bits per heavy atom. The molecule has 1 aromatic heterocycles. The molecule has 13 heavy (non-hydrogen) atoms. The second-order valence-corrected chi connectivity index (χ2v) is 3.78. The van der Waals surface area contributed by atoms with Crippen LogP contribution in [0.15, 0.2) is 12.3 Å². The number of halogens is 1. The highest BCUT2D eigenvalue weighted by Gasteiger charge is 2.05. The van der Waals surface area contributed by atoms with Gasteiger partial charge in [0.05, 0.1) is 13.3 Å². The number of nitrogens with zero attached hydrogens (tertiary/aromatic N) is 1. The second-order valence-electron chi connectivity index (χ2n) is 3.42. The van der Waals surface area contributed by atoms with Gasteiger partial charge in [-0.3, -0.25) is 0 Å². The van der Waals surface area contributed by atoms with Crippen LogP contribution in [0.2, 0.25) is 5.15 Å². The summed E-state index contributed by atoms with van der Waals surface area (Å²) in [6, 6.07) is 1.94.